The molecule has 0 aliphatic rings. The lowest BCUT2D eigenvalue weighted by atomic mass is 10.1. The van der Waals surface area contributed by atoms with Crippen molar-refractivity contribution in [2.24, 2.45) is 0 Å². The SMILES string of the molecule is Cc1c(N)cccc1CNC(=O)c1c(F)cccc1Br. The second-order valence-corrected chi connectivity index (χ2v) is 5.27. The highest BCUT2D eigenvalue weighted by Crippen LogP contribution is 2.20. The first-order valence-corrected chi connectivity index (χ1v) is 6.86. The van der Waals surface area contributed by atoms with Gasteiger partial charge in [0.25, 0.3) is 5.91 Å². The lowest BCUT2D eigenvalue weighted by Gasteiger charge is -2.11. The molecule has 0 saturated carbocycles. The highest BCUT2D eigenvalue weighted by molar-refractivity contribution is 9.10. The summed E-state index contributed by atoms with van der Waals surface area (Å²) in [4.78, 5) is 12.0. The van der Waals surface area contributed by atoms with Gasteiger partial charge in [-0.15, -0.1) is 0 Å². The molecule has 3 N–H and O–H groups in total. The fourth-order valence-corrected chi connectivity index (χ4v) is 2.40. The van der Waals surface area contributed by atoms with E-state index in [-0.39, 0.29) is 5.56 Å². The van der Waals surface area contributed by atoms with Crippen LogP contribution in [-0.4, -0.2) is 5.91 Å². The number of rotatable bonds is 3. The molecule has 0 aliphatic heterocycles. The number of nitrogen functional groups attached to an aromatic ring is 1. The number of anilines is 1. The molecule has 0 aliphatic carbocycles. The molecule has 104 valence electrons. The van der Waals surface area contributed by atoms with Gasteiger partial charge in [-0.25, -0.2) is 4.39 Å². The number of nitrogens with two attached hydrogens (primary N) is 1. The van der Waals surface area contributed by atoms with Crippen LogP contribution >= 0.6 is 15.9 Å². The highest BCUT2D eigenvalue weighted by Gasteiger charge is 2.15. The zero-order valence-electron chi connectivity index (χ0n) is 10.9. The van der Waals surface area contributed by atoms with Crippen LogP contribution in [0, 0.1) is 12.7 Å². The molecule has 3 nitrogen and oxygen atoms in total. The van der Waals surface area contributed by atoms with Crippen LogP contribution in [0.3, 0.4) is 0 Å². The molecule has 0 aromatic heterocycles. The highest BCUT2D eigenvalue weighted by atomic mass is 79.9. The lowest BCUT2D eigenvalue weighted by molar-refractivity contribution is 0.0946. The topological polar surface area (TPSA) is 55.1 Å². The van der Waals surface area contributed by atoms with E-state index in [1.807, 2.05) is 19.1 Å². The number of hydrogen-bond acceptors (Lipinski definition) is 2. The molecule has 0 spiro atoms. The molecule has 0 heterocycles. The van der Waals surface area contributed by atoms with E-state index in [1.54, 1.807) is 12.1 Å². The van der Waals surface area contributed by atoms with Crippen LogP contribution in [0.1, 0.15) is 21.5 Å². The summed E-state index contributed by atoms with van der Waals surface area (Å²) in [5, 5.41) is 2.70. The fraction of sp³-hybridized carbons (Fsp3) is 0.133. The third kappa shape index (κ3) is 2.99. The van der Waals surface area contributed by atoms with Gasteiger partial charge in [0, 0.05) is 16.7 Å². The van der Waals surface area contributed by atoms with E-state index in [9.17, 15) is 9.18 Å². The molecule has 2 aromatic rings. The molecule has 0 saturated heterocycles. The second-order valence-electron chi connectivity index (χ2n) is 4.41. The molecule has 5 heteroatoms. The first-order chi connectivity index (χ1) is 9.50. The minimum atomic E-state index is -0.554. The summed E-state index contributed by atoms with van der Waals surface area (Å²) in [6, 6.07) is 9.92. The normalized spacial score (nSPS) is 10.3. The van der Waals surface area contributed by atoms with E-state index in [0.29, 0.717) is 16.7 Å². The Balaban J connectivity index is 2.15. The first-order valence-electron chi connectivity index (χ1n) is 6.07. The van der Waals surface area contributed by atoms with Gasteiger partial charge in [-0.1, -0.05) is 18.2 Å². The van der Waals surface area contributed by atoms with Gasteiger partial charge in [-0.2, -0.15) is 0 Å². The zero-order chi connectivity index (χ0) is 14.7. The summed E-state index contributed by atoms with van der Waals surface area (Å²) >= 11 is 3.18. The third-order valence-corrected chi connectivity index (χ3v) is 3.78. The number of carbonyl (C=O) groups is 1. The van der Waals surface area contributed by atoms with Crippen molar-refractivity contribution in [2.45, 2.75) is 13.5 Å². The summed E-state index contributed by atoms with van der Waals surface area (Å²) in [5.41, 5.74) is 8.31. The molecular formula is C15H14BrFN2O. The van der Waals surface area contributed by atoms with Crippen molar-refractivity contribution < 1.29 is 9.18 Å². The summed E-state index contributed by atoms with van der Waals surface area (Å²) < 4.78 is 14.1. The van der Waals surface area contributed by atoms with E-state index in [0.717, 1.165) is 11.1 Å². The number of benzene rings is 2. The number of carbonyl (C=O) groups excluding carboxylic acids is 1. The molecule has 0 atom stereocenters. The fourth-order valence-electron chi connectivity index (χ4n) is 1.87. The minimum absolute atomic E-state index is 0.00839. The van der Waals surface area contributed by atoms with E-state index < -0.39 is 11.7 Å². The Kier molecular flexibility index (Phi) is 4.39. The van der Waals surface area contributed by atoms with Gasteiger partial charge in [0.1, 0.15) is 5.82 Å². The minimum Gasteiger partial charge on any atom is -0.399 e. The van der Waals surface area contributed by atoms with Gasteiger partial charge in [-0.3, -0.25) is 4.79 Å². The molecule has 20 heavy (non-hydrogen) atoms. The lowest BCUT2D eigenvalue weighted by Crippen LogP contribution is -2.24. The predicted octanol–water partition coefficient (Wildman–Crippen LogP) is 3.41. The van der Waals surface area contributed by atoms with Crippen molar-refractivity contribution >= 4 is 27.5 Å². The van der Waals surface area contributed by atoms with Crippen LogP contribution in [0.4, 0.5) is 10.1 Å². The van der Waals surface area contributed by atoms with Crippen LogP contribution < -0.4 is 11.1 Å². The number of nitrogens with one attached hydrogen (secondary N) is 1. The quantitative estimate of drug-likeness (QED) is 0.844. The Morgan fingerprint density at radius 1 is 1.30 bits per heavy atom. The van der Waals surface area contributed by atoms with Crippen molar-refractivity contribution in [1.29, 1.82) is 0 Å². The van der Waals surface area contributed by atoms with Gasteiger partial charge in [0.05, 0.1) is 5.56 Å². The largest absolute Gasteiger partial charge is 0.399 e. The number of halogens is 2. The molecule has 2 aromatic carbocycles. The Hall–Kier alpha value is -1.88. The molecular weight excluding hydrogens is 323 g/mol. The summed E-state index contributed by atoms with van der Waals surface area (Å²) in [7, 11) is 0. The maximum absolute atomic E-state index is 13.7. The van der Waals surface area contributed by atoms with Crippen molar-refractivity contribution in [2.75, 3.05) is 5.73 Å². The predicted molar refractivity (Wildman–Crippen MR) is 80.9 cm³/mol. The Labute approximate surface area is 125 Å². The van der Waals surface area contributed by atoms with E-state index in [4.69, 9.17) is 5.73 Å². The van der Waals surface area contributed by atoms with Crippen LogP contribution in [0.25, 0.3) is 0 Å². The van der Waals surface area contributed by atoms with Gasteiger partial charge in [0.15, 0.2) is 0 Å². The van der Waals surface area contributed by atoms with Gasteiger partial charge in [0.2, 0.25) is 0 Å². The van der Waals surface area contributed by atoms with E-state index >= 15 is 0 Å². The maximum Gasteiger partial charge on any atom is 0.255 e. The van der Waals surface area contributed by atoms with Gasteiger partial charge in [-0.05, 0) is 52.2 Å². The number of hydrogen-bond donors (Lipinski definition) is 2. The molecule has 0 bridgehead atoms. The van der Waals surface area contributed by atoms with Crippen LogP contribution in [0.5, 0.6) is 0 Å². The molecule has 0 radical (unpaired) electrons. The summed E-state index contributed by atoms with van der Waals surface area (Å²) in [6.07, 6.45) is 0. The maximum atomic E-state index is 13.7. The van der Waals surface area contributed by atoms with Crippen molar-refractivity contribution in [3.63, 3.8) is 0 Å². The van der Waals surface area contributed by atoms with Gasteiger partial charge < -0.3 is 11.1 Å². The molecule has 2 rings (SSSR count). The van der Waals surface area contributed by atoms with Crippen molar-refractivity contribution in [3.05, 3.63) is 63.4 Å². The monoisotopic (exact) mass is 336 g/mol. The van der Waals surface area contributed by atoms with Crippen LogP contribution in [0.15, 0.2) is 40.9 Å². The Bertz CT molecular complexity index is 638. The van der Waals surface area contributed by atoms with Crippen molar-refractivity contribution in [3.8, 4) is 0 Å². The average molecular weight is 337 g/mol. The number of amides is 1. The second kappa shape index (κ2) is 6.05. The van der Waals surface area contributed by atoms with Crippen molar-refractivity contribution in [1.82, 2.24) is 5.32 Å². The average Bonchev–Trinajstić information content (AvgIpc) is 2.40. The molecule has 0 unspecified atom stereocenters. The molecule has 1 amide bonds. The third-order valence-electron chi connectivity index (χ3n) is 3.12. The Morgan fingerprint density at radius 2 is 2.00 bits per heavy atom. The standard InChI is InChI=1S/C15H14BrFN2O/c1-9-10(4-2-7-13(9)18)8-19-15(20)14-11(16)5-3-6-12(14)17/h2-7H,8,18H2,1H3,(H,19,20). The van der Waals surface area contributed by atoms with Crippen LogP contribution in [0.2, 0.25) is 0 Å². The van der Waals surface area contributed by atoms with E-state index in [2.05, 4.69) is 21.2 Å². The Morgan fingerprint density at radius 3 is 2.70 bits per heavy atom. The summed E-state index contributed by atoms with van der Waals surface area (Å²) in [5.74, 6) is -1.02. The zero-order valence-corrected chi connectivity index (χ0v) is 12.5. The van der Waals surface area contributed by atoms with E-state index in [1.165, 1.54) is 12.1 Å². The first kappa shape index (κ1) is 14.5. The smallest absolute Gasteiger partial charge is 0.255 e. The summed E-state index contributed by atoms with van der Waals surface area (Å²) in [6.45, 7) is 2.19. The van der Waals surface area contributed by atoms with Gasteiger partial charge >= 0.3 is 0 Å². The molecule has 0 fully saturated rings. The van der Waals surface area contributed by atoms with Crippen LogP contribution in [-0.2, 0) is 6.54 Å².